The predicted molar refractivity (Wildman–Crippen MR) is 74.0 cm³/mol. The zero-order chi connectivity index (χ0) is 13.3. The molecule has 2 aromatic rings. The van der Waals surface area contributed by atoms with E-state index in [1.807, 2.05) is 20.8 Å². The van der Waals surface area contributed by atoms with Crippen molar-refractivity contribution in [2.24, 2.45) is 0 Å². The standard InChI is InChI=1S/C11H14N4OS2/c1-5(9-6(2)18-7(3)14-9)13-10(16)8-4-17-11(12)15-8/h4-5H,1-3H3,(H2,12,15)(H,13,16)/t5-/m1/s1. The first-order valence-corrected chi connectivity index (χ1v) is 7.12. The van der Waals surface area contributed by atoms with E-state index in [1.165, 1.54) is 11.3 Å². The van der Waals surface area contributed by atoms with Crippen molar-refractivity contribution < 1.29 is 4.79 Å². The maximum Gasteiger partial charge on any atom is 0.271 e. The van der Waals surface area contributed by atoms with Crippen molar-refractivity contribution in [3.63, 3.8) is 0 Å². The van der Waals surface area contributed by atoms with E-state index >= 15 is 0 Å². The first kappa shape index (κ1) is 13.0. The highest BCUT2D eigenvalue weighted by molar-refractivity contribution is 7.13. The van der Waals surface area contributed by atoms with Crippen molar-refractivity contribution in [3.8, 4) is 0 Å². The fourth-order valence-corrected chi connectivity index (χ4v) is 3.13. The van der Waals surface area contributed by atoms with Crippen LogP contribution < -0.4 is 11.1 Å². The molecule has 0 unspecified atom stereocenters. The van der Waals surface area contributed by atoms with Crippen molar-refractivity contribution in [2.75, 3.05) is 5.73 Å². The van der Waals surface area contributed by atoms with Crippen LogP contribution in [0.2, 0.25) is 0 Å². The van der Waals surface area contributed by atoms with Gasteiger partial charge in [0, 0.05) is 10.3 Å². The van der Waals surface area contributed by atoms with Gasteiger partial charge in [0.1, 0.15) is 5.69 Å². The van der Waals surface area contributed by atoms with E-state index in [4.69, 9.17) is 5.73 Å². The molecule has 7 heteroatoms. The molecule has 0 saturated carbocycles. The minimum absolute atomic E-state index is 0.134. The Bertz CT molecular complexity index is 575. The summed E-state index contributed by atoms with van der Waals surface area (Å²) in [5, 5.41) is 5.92. The number of amides is 1. The molecular weight excluding hydrogens is 268 g/mol. The maximum absolute atomic E-state index is 11.9. The van der Waals surface area contributed by atoms with E-state index in [2.05, 4.69) is 15.3 Å². The normalized spacial score (nSPS) is 12.4. The molecule has 18 heavy (non-hydrogen) atoms. The quantitative estimate of drug-likeness (QED) is 0.905. The summed E-state index contributed by atoms with van der Waals surface area (Å²) in [5.41, 5.74) is 6.77. The minimum Gasteiger partial charge on any atom is -0.375 e. The molecule has 0 spiro atoms. The summed E-state index contributed by atoms with van der Waals surface area (Å²) in [6.07, 6.45) is 0. The highest BCUT2D eigenvalue weighted by atomic mass is 32.1. The summed E-state index contributed by atoms with van der Waals surface area (Å²) in [6.45, 7) is 5.87. The zero-order valence-corrected chi connectivity index (χ0v) is 12.0. The molecule has 0 radical (unpaired) electrons. The van der Waals surface area contributed by atoms with Gasteiger partial charge in [0.25, 0.3) is 5.91 Å². The average Bonchev–Trinajstić information content (AvgIpc) is 2.84. The van der Waals surface area contributed by atoms with E-state index in [1.54, 1.807) is 16.7 Å². The average molecular weight is 282 g/mol. The lowest BCUT2D eigenvalue weighted by atomic mass is 10.2. The van der Waals surface area contributed by atoms with Crippen molar-refractivity contribution in [1.82, 2.24) is 15.3 Å². The summed E-state index contributed by atoms with van der Waals surface area (Å²) >= 11 is 2.88. The van der Waals surface area contributed by atoms with Crippen LogP contribution in [0.3, 0.4) is 0 Å². The van der Waals surface area contributed by atoms with Gasteiger partial charge in [-0.15, -0.1) is 22.7 Å². The lowest BCUT2D eigenvalue weighted by molar-refractivity contribution is 0.0935. The van der Waals surface area contributed by atoms with Gasteiger partial charge in [0.15, 0.2) is 5.13 Å². The maximum atomic E-state index is 11.9. The molecular formula is C11H14N4OS2. The highest BCUT2D eigenvalue weighted by Crippen LogP contribution is 2.22. The van der Waals surface area contributed by atoms with Gasteiger partial charge in [0.05, 0.1) is 16.7 Å². The lowest BCUT2D eigenvalue weighted by Crippen LogP contribution is -2.27. The Morgan fingerprint density at radius 2 is 2.17 bits per heavy atom. The molecule has 2 aromatic heterocycles. The van der Waals surface area contributed by atoms with Crippen LogP contribution in [0.25, 0.3) is 0 Å². The molecule has 0 bridgehead atoms. The fraction of sp³-hybridized carbons (Fsp3) is 0.364. The third kappa shape index (κ3) is 2.68. The number of nitrogen functional groups attached to an aromatic ring is 1. The van der Waals surface area contributed by atoms with Crippen LogP contribution in [-0.2, 0) is 0 Å². The molecule has 0 fully saturated rings. The van der Waals surface area contributed by atoms with Crippen molar-refractivity contribution in [1.29, 1.82) is 0 Å². The molecule has 0 aliphatic carbocycles. The summed E-state index contributed by atoms with van der Waals surface area (Å²) in [5.74, 6) is -0.222. The Morgan fingerprint density at radius 1 is 1.44 bits per heavy atom. The number of nitrogens with zero attached hydrogens (tertiary/aromatic N) is 2. The number of carbonyl (C=O) groups is 1. The smallest absolute Gasteiger partial charge is 0.271 e. The van der Waals surface area contributed by atoms with E-state index in [-0.39, 0.29) is 11.9 Å². The summed E-state index contributed by atoms with van der Waals surface area (Å²) in [4.78, 5) is 21.4. The van der Waals surface area contributed by atoms with Crippen LogP contribution in [0, 0.1) is 13.8 Å². The number of hydrogen-bond acceptors (Lipinski definition) is 6. The molecule has 0 aliphatic rings. The van der Waals surface area contributed by atoms with Gasteiger partial charge in [-0.25, -0.2) is 9.97 Å². The largest absolute Gasteiger partial charge is 0.375 e. The number of nitrogens with two attached hydrogens (primary N) is 1. The van der Waals surface area contributed by atoms with E-state index in [0.717, 1.165) is 15.6 Å². The Hall–Kier alpha value is -1.47. The van der Waals surface area contributed by atoms with Crippen LogP contribution in [0.15, 0.2) is 5.38 Å². The second-order valence-corrected chi connectivity index (χ2v) is 6.24. The Kier molecular flexibility index (Phi) is 3.63. The van der Waals surface area contributed by atoms with E-state index in [9.17, 15) is 4.79 Å². The summed E-state index contributed by atoms with van der Waals surface area (Å²) in [7, 11) is 0. The van der Waals surface area contributed by atoms with E-state index < -0.39 is 0 Å². The van der Waals surface area contributed by atoms with Crippen LogP contribution in [0.4, 0.5) is 5.13 Å². The first-order valence-electron chi connectivity index (χ1n) is 5.43. The van der Waals surface area contributed by atoms with E-state index in [0.29, 0.717) is 10.8 Å². The Labute approximate surface area is 113 Å². The number of hydrogen-bond donors (Lipinski definition) is 2. The minimum atomic E-state index is -0.222. The molecule has 2 heterocycles. The topological polar surface area (TPSA) is 80.9 Å². The van der Waals surface area contributed by atoms with Crippen LogP contribution in [0.5, 0.6) is 0 Å². The van der Waals surface area contributed by atoms with Crippen molar-refractivity contribution in [2.45, 2.75) is 26.8 Å². The van der Waals surface area contributed by atoms with Crippen LogP contribution in [-0.4, -0.2) is 15.9 Å². The van der Waals surface area contributed by atoms with Crippen molar-refractivity contribution >= 4 is 33.7 Å². The van der Waals surface area contributed by atoms with Gasteiger partial charge in [-0.2, -0.15) is 0 Å². The van der Waals surface area contributed by atoms with Gasteiger partial charge in [-0.1, -0.05) is 0 Å². The molecule has 2 rings (SSSR count). The Morgan fingerprint density at radius 3 is 2.67 bits per heavy atom. The number of rotatable bonds is 3. The van der Waals surface area contributed by atoms with Gasteiger partial charge in [-0.3, -0.25) is 4.79 Å². The second-order valence-electron chi connectivity index (χ2n) is 3.94. The Balaban J connectivity index is 2.10. The molecule has 0 aromatic carbocycles. The molecule has 3 N–H and O–H groups in total. The zero-order valence-electron chi connectivity index (χ0n) is 10.4. The van der Waals surface area contributed by atoms with Gasteiger partial charge in [0.2, 0.25) is 0 Å². The number of aryl methyl sites for hydroxylation is 2. The first-order chi connectivity index (χ1) is 8.47. The third-order valence-electron chi connectivity index (χ3n) is 2.45. The number of anilines is 1. The van der Waals surface area contributed by atoms with Gasteiger partial charge >= 0.3 is 0 Å². The third-order valence-corrected chi connectivity index (χ3v) is 4.03. The molecule has 1 amide bonds. The molecule has 96 valence electrons. The summed E-state index contributed by atoms with van der Waals surface area (Å²) in [6, 6.07) is -0.134. The molecule has 1 atom stereocenters. The number of carbonyl (C=O) groups excluding carboxylic acids is 1. The number of aromatic nitrogens is 2. The number of nitrogens with one attached hydrogen (secondary N) is 1. The lowest BCUT2D eigenvalue weighted by Gasteiger charge is -2.11. The van der Waals surface area contributed by atoms with Gasteiger partial charge < -0.3 is 11.1 Å². The summed E-state index contributed by atoms with van der Waals surface area (Å²) < 4.78 is 0. The van der Waals surface area contributed by atoms with Crippen LogP contribution >= 0.6 is 22.7 Å². The monoisotopic (exact) mass is 282 g/mol. The predicted octanol–water partition coefficient (Wildman–Crippen LogP) is 2.29. The van der Waals surface area contributed by atoms with Crippen molar-refractivity contribution in [3.05, 3.63) is 26.7 Å². The molecule has 5 nitrogen and oxygen atoms in total. The fourth-order valence-electron chi connectivity index (χ4n) is 1.68. The second kappa shape index (κ2) is 5.03. The highest BCUT2D eigenvalue weighted by Gasteiger charge is 2.17. The number of thiazole rings is 2. The van der Waals surface area contributed by atoms with Gasteiger partial charge in [-0.05, 0) is 20.8 Å². The molecule has 0 aliphatic heterocycles. The molecule has 0 saturated heterocycles. The SMILES string of the molecule is Cc1nc([C@@H](C)NC(=O)c2csc(N)n2)c(C)s1. The van der Waals surface area contributed by atoms with Crippen LogP contribution in [0.1, 0.15) is 39.0 Å².